The number of rotatable bonds is 6. The number of nitrogens with zero attached hydrogens (tertiary/aromatic N) is 1. The summed E-state index contributed by atoms with van der Waals surface area (Å²) in [6.07, 6.45) is 1.93. The third-order valence-corrected chi connectivity index (χ3v) is 21.5. The van der Waals surface area contributed by atoms with Crippen molar-refractivity contribution in [3.05, 3.63) is 66.2 Å². The predicted molar refractivity (Wildman–Crippen MR) is 142 cm³/mol. The summed E-state index contributed by atoms with van der Waals surface area (Å²) in [5.41, 5.74) is 5.25. The quantitative estimate of drug-likeness (QED) is 0.408. The molecule has 2 rings (SSSR count). The smallest absolute Gasteiger partial charge is 0.121 e. The second-order valence-corrected chi connectivity index (χ2v) is 22.5. The van der Waals surface area contributed by atoms with Crippen LogP contribution in [-0.4, -0.2) is 20.7 Å². The highest BCUT2D eigenvalue weighted by molar-refractivity contribution is 6.93. The van der Waals surface area contributed by atoms with E-state index >= 15 is 0 Å². The molecular weight excluding hydrogens is 394 g/mol. The van der Waals surface area contributed by atoms with Gasteiger partial charge in [-0.25, -0.2) is 0 Å². The van der Waals surface area contributed by atoms with Gasteiger partial charge in [0.25, 0.3) is 0 Å². The van der Waals surface area contributed by atoms with Crippen LogP contribution in [0.1, 0.15) is 52.7 Å². The SMILES string of the molecule is C=Cc1cccc(-c2ccccc2CN([Si](C)(C)C(C)(C)C)[Si](C)(C)C(C)(C)C)c1. The number of hydrogen-bond acceptors (Lipinski definition) is 1. The molecular formula is C27H43NSi2. The minimum Gasteiger partial charge on any atom is -0.341 e. The van der Waals surface area contributed by atoms with Gasteiger partial charge in [0.2, 0.25) is 0 Å². The van der Waals surface area contributed by atoms with E-state index in [4.69, 9.17) is 0 Å². The third-order valence-electron chi connectivity index (χ3n) is 7.80. The minimum atomic E-state index is -1.73. The Labute approximate surface area is 188 Å². The van der Waals surface area contributed by atoms with E-state index in [2.05, 4.69) is 127 Å². The van der Waals surface area contributed by atoms with E-state index in [9.17, 15) is 0 Å². The van der Waals surface area contributed by atoms with Crippen LogP contribution in [0.5, 0.6) is 0 Å². The summed E-state index contributed by atoms with van der Waals surface area (Å²) >= 11 is 0. The second kappa shape index (κ2) is 8.60. The van der Waals surface area contributed by atoms with Crippen LogP contribution in [0.15, 0.2) is 55.1 Å². The van der Waals surface area contributed by atoms with Crippen LogP contribution < -0.4 is 0 Å². The zero-order chi connectivity index (χ0) is 23.0. The standard InChI is InChI=1S/C27H43NSi2/c1-12-22-16-15-18-23(20-22)25-19-14-13-17-24(25)21-28(29(8,9)26(2,3)4)30(10,11)27(5,6)7/h12-20H,1,21H2,2-11H3. The normalized spacial score (nSPS) is 13.6. The molecule has 30 heavy (non-hydrogen) atoms. The zero-order valence-electron chi connectivity index (χ0n) is 21.1. The molecule has 0 fully saturated rings. The maximum atomic E-state index is 3.96. The molecule has 0 radical (unpaired) electrons. The highest BCUT2D eigenvalue weighted by Crippen LogP contribution is 2.48. The van der Waals surface area contributed by atoms with Crippen molar-refractivity contribution in [3.63, 3.8) is 0 Å². The molecule has 0 spiro atoms. The van der Waals surface area contributed by atoms with Gasteiger partial charge in [-0.2, -0.15) is 0 Å². The summed E-state index contributed by atoms with van der Waals surface area (Å²) in [6, 6.07) is 17.7. The van der Waals surface area contributed by atoms with Crippen molar-refractivity contribution < 1.29 is 0 Å². The summed E-state index contributed by atoms with van der Waals surface area (Å²) in [5.74, 6) is 0. The third kappa shape index (κ3) is 4.90. The van der Waals surface area contributed by atoms with Gasteiger partial charge in [0, 0.05) is 6.54 Å². The van der Waals surface area contributed by atoms with Crippen LogP contribution in [0.2, 0.25) is 36.3 Å². The minimum absolute atomic E-state index is 0.306. The van der Waals surface area contributed by atoms with Crippen molar-refractivity contribution in [1.29, 1.82) is 0 Å². The molecule has 164 valence electrons. The summed E-state index contributed by atoms with van der Waals surface area (Å²) in [4.78, 5) is 0. The van der Waals surface area contributed by atoms with E-state index in [-0.39, 0.29) is 0 Å². The molecule has 0 amide bonds. The first-order valence-electron chi connectivity index (χ1n) is 11.2. The summed E-state index contributed by atoms with van der Waals surface area (Å²) < 4.78 is 3.01. The van der Waals surface area contributed by atoms with Gasteiger partial charge in [-0.15, -0.1) is 0 Å². The molecule has 0 N–H and O–H groups in total. The van der Waals surface area contributed by atoms with E-state index in [0.717, 1.165) is 6.54 Å². The van der Waals surface area contributed by atoms with Crippen LogP contribution in [0.4, 0.5) is 0 Å². The molecule has 2 aromatic carbocycles. The zero-order valence-corrected chi connectivity index (χ0v) is 23.1. The van der Waals surface area contributed by atoms with Crippen LogP contribution in [0.25, 0.3) is 17.2 Å². The highest BCUT2D eigenvalue weighted by atomic mass is 28.4. The lowest BCUT2D eigenvalue weighted by Gasteiger charge is -2.57. The van der Waals surface area contributed by atoms with Gasteiger partial charge in [-0.3, -0.25) is 0 Å². The lowest BCUT2D eigenvalue weighted by Crippen LogP contribution is -2.67. The summed E-state index contributed by atoms with van der Waals surface area (Å²) in [7, 11) is -3.45. The maximum absolute atomic E-state index is 3.96. The van der Waals surface area contributed by atoms with E-state index in [1.165, 1.54) is 22.3 Å². The monoisotopic (exact) mass is 437 g/mol. The Morgan fingerprint density at radius 1 is 0.800 bits per heavy atom. The number of benzene rings is 2. The Bertz CT molecular complexity index is 856. The van der Waals surface area contributed by atoms with Crippen molar-refractivity contribution in [2.45, 2.75) is 84.4 Å². The Hall–Kier alpha value is -1.43. The Kier molecular flexibility index (Phi) is 7.12. The van der Waals surface area contributed by atoms with Crippen molar-refractivity contribution >= 4 is 22.5 Å². The molecule has 0 aliphatic rings. The first-order valence-corrected chi connectivity index (χ1v) is 17.1. The predicted octanol–water partition coefficient (Wildman–Crippen LogP) is 8.81. The average Bonchev–Trinajstić information content (AvgIpc) is 2.64. The van der Waals surface area contributed by atoms with Crippen molar-refractivity contribution in [2.75, 3.05) is 0 Å². The first-order chi connectivity index (χ1) is 13.6. The van der Waals surface area contributed by atoms with Gasteiger partial charge in [-0.1, -0.05) is 123 Å². The molecule has 0 saturated carbocycles. The largest absolute Gasteiger partial charge is 0.341 e. The van der Waals surface area contributed by atoms with Gasteiger partial charge in [0.15, 0.2) is 0 Å². The van der Waals surface area contributed by atoms with E-state index in [0.29, 0.717) is 10.1 Å². The summed E-state index contributed by atoms with van der Waals surface area (Å²) in [5, 5.41) is 0.612. The van der Waals surface area contributed by atoms with Crippen molar-refractivity contribution in [1.82, 2.24) is 4.23 Å². The Morgan fingerprint density at radius 2 is 1.33 bits per heavy atom. The fourth-order valence-electron chi connectivity index (χ4n) is 3.85. The average molecular weight is 438 g/mol. The van der Waals surface area contributed by atoms with Gasteiger partial charge in [0.05, 0.1) is 0 Å². The molecule has 2 aromatic rings. The van der Waals surface area contributed by atoms with Crippen LogP contribution in [0, 0.1) is 0 Å². The molecule has 0 atom stereocenters. The Balaban J connectivity index is 2.64. The molecule has 0 aromatic heterocycles. The lowest BCUT2D eigenvalue weighted by atomic mass is 9.98. The molecule has 3 heteroatoms. The molecule has 0 heterocycles. The van der Waals surface area contributed by atoms with E-state index in [1.54, 1.807) is 0 Å². The van der Waals surface area contributed by atoms with Crippen LogP contribution >= 0.6 is 0 Å². The van der Waals surface area contributed by atoms with Gasteiger partial charge in [0.1, 0.15) is 16.5 Å². The van der Waals surface area contributed by atoms with E-state index in [1.807, 2.05) is 6.08 Å². The van der Waals surface area contributed by atoms with Crippen LogP contribution in [-0.2, 0) is 6.54 Å². The number of hydrogen-bond donors (Lipinski definition) is 0. The maximum Gasteiger partial charge on any atom is 0.121 e. The summed E-state index contributed by atoms with van der Waals surface area (Å²) in [6.45, 7) is 30.0. The molecule has 0 aliphatic carbocycles. The molecule has 0 aliphatic heterocycles. The molecule has 0 unspecified atom stereocenters. The molecule has 1 nitrogen and oxygen atoms in total. The fraction of sp³-hybridized carbons (Fsp3) is 0.481. The fourth-order valence-corrected chi connectivity index (χ4v) is 14.2. The topological polar surface area (TPSA) is 3.24 Å². The van der Waals surface area contributed by atoms with Crippen molar-refractivity contribution in [3.8, 4) is 11.1 Å². The highest BCUT2D eigenvalue weighted by Gasteiger charge is 2.51. The van der Waals surface area contributed by atoms with Gasteiger partial charge >= 0.3 is 0 Å². The van der Waals surface area contributed by atoms with Gasteiger partial charge in [-0.05, 0) is 38.4 Å². The molecule has 0 saturated heterocycles. The Morgan fingerprint density at radius 3 is 1.83 bits per heavy atom. The molecule has 0 bridgehead atoms. The van der Waals surface area contributed by atoms with Crippen molar-refractivity contribution in [2.24, 2.45) is 0 Å². The second-order valence-electron chi connectivity index (χ2n) is 11.7. The van der Waals surface area contributed by atoms with Crippen LogP contribution in [0.3, 0.4) is 0 Å². The lowest BCUT2D eigenvalue weighted by molar-refractivity contribution is 0.509. The van der Waals surface area contributed by atoms with E-state index < -0.39 is 16.5 Å². The first kappa shape index (κ1) is 24.8. The van der Waals surface area contributed by atoms with Gasteiger partial charge < -0.3 is 4.23 Å².